The minimum absolute atomic E-state index is 0.0141. The van der Waals surface area contributed by atoms with Crippen molar-refractivity contribution < 1.29 is 34.2 Å². The van der Waals surface area contributed by atoms with Crippen molar-refractivity contribution >= 4 is 17.8 Å². The van der Waals surface area contributed by atoms with Crippen LogP contribution >= 0.6 is 0 Å². The van der Waals surface area contributed by atoms with Gasteiger partial charge in [-0.2, -0.15) is 0 Å². The summed E-state index contributed by atoms with van der Waals surface area (Å²) in [7, 11) is 0. The number of nitrogens with one attached hydrogen (secondary N) is 1. The zero-order chi connectivity index (χ0) is 22.3. The molecule has 0 saturated carbocycles. The van der Waals surface area contributed by atoms with E-state index >= 15 is 0 Å². The molecule has 8 heteroatoms. The Morgan fingerprint density at radius 1 is 0.897 bits per heavy atom. The van der Waals surface area contributed by atoms with Crippen molar-refractivity contribution in [2.24, 2.45) is 0 Å². The zero-order valence-corrected chi connectivity index (χ0v) is 18.1. The molecule has 0 fully saturated rings. The van der Waals surface area contributed by atoms with Gasteiger partial charge in [-0.15, -0.1) is 0 Å². The van der Waals surface area contributed by atoms with Gasteiger partial charge in [0.15, 0.2) is 12.1 Å². The predicted molar refractivity (Wildman–Crippen MR) is 111 cm³/mol. The second-order valence-corrected chi connectivity index (χ2v) is 7.37. The predicted octanol–water partition coefficient (Wildman–Crippen LogP) is 2.16. The van der Waals surface area contributed by atoms with Gasteiger partial charge in [0.1, 0.15) is 6.54 Å². The quantitative estimate of drug-likeness (QED) is 0.213. The first-order chi connectivity index (χ1) is 13.8. The molecule has 1 amide bonds. The number of quaternary nitrogens is 1. The van der Waals surface area contributed by atoms with Gasteiger partial charge in [-0.1, -0.05) is 39.3 Å². The van der Waals surface area contributed by atoms with Gasteiger partial charge < -0.3 is 20.6 Å². The molecule has 8 nitrogen and oxygen atoms in total. The van der Waals surface area contributed by atoms with Gasteiger partial charge >= 0.3 is 11.9 Å². The lowest BCUT2D eigenvalue weighted by Crippen LogP contribution is -2.68. The van der Waals surface area contributed by atoms with Gasteiger partial charge in [0, 0.05) is 19.3 Å². The van der Waals surface area contributed by atoms with E-state index in [0.717, 1.165) is 12.8 Å². The fourth-order valence-corrected chi connectivity index (χ4v) is 3.84. The van der Waals surface area contributed by atoms with Crippen molar-refractivity contribution in [3.63, 3.8) is 0 Å². The lowest BCUT2D eigenvalue weighted by Gasteiger charge is -2.46. The summed E-state index contributed by atoms with van der Waals surface area (Å²) in [6.45, 7) is 5.73. The maximum Gasteiger partial charge on any atom is 0.362 e. The van der Waals surface area contributed by atoms with Crippen LogP contribution in [-0.4, -0.2) is 76.0 Å². The highest BCUT2D eigenvalue weighted by Gasteiger charge is 2.49. The minimum atomic E-state index is -1.07. The summed E-state index contributed by atoms with van der Waals surface area (Å²) in [5.41, 5.74) is 0. The van der Waals surface area contributed by atoms with E-state index in [1.807, 2.05) is 26.8 Å². The molecule has 0 radical (unpaired) electrons. The Kier molecular flexibility index (Phi) is 14.0. The third-order valence-electron chi connectivity index (χ3n) is 5.23. The van der Waals surface area contributed by atoms with E-state index in [4.69, 9.17) is 0 Å². The van der Waals surface area contributed by atoms with Crippen molar-refractivity contribution in [1.29, 1.82) is 0 Å². The molecule has 2 unspecified atom stereocenters. The number of aliphatic hydroxyl groups is 1. The fourth-order valence-electron chi connectivity index (χ4n) is 3.84. The number of unbranched alkanes of at least 4 members (excludes halogenated alkanes) is 1. The van der Waals surface area contributed by atoms with Crippen LogP contribution in [0.5, 0.6) is 0 Å². The standard InChI is InChI=1S/C21H38N2O6/c1-4-7-8-9-12-19(25)22-13-14-23(15-16-24,17(10-5-2)20(26)27)18(11-6-3)21(28)29/h8-9,17-18,24H,4-7,10-16H2,1-3H3,(H2-,22,25,26,27,28,29)/p+1/b9-8+. The highest BCUT2D eigenvalue weighted by molar-refractivity contribution is 5.77. The molecule has 0 aliphatic carbocycles. The maximum absolute atomic E-state index is 12.1. The molecule has 0 aromatic rings. The average molecular weight is 416 g/mol. The van der Waals surface area contributed by atoms with Crippen LogP contribution in [0.15, 0.2) is 12.2 Å². The Hall–Kier alpha value is -1.93. The van der Waals surface area contributed by atoms with Crippen molar-refractivity contribution in [2.45, 2.75) is 77.8 Å². The number of carboxylic acid groups (broad SMARTS) is 2. The first-order valence-electron chi connectivity index (χ1n) is 10.6. The Morgan fingerprint density at radius 3 is 1.86 bits per heavy atom. The molecule has 0 heterocycles. The van der Waals surface area contributed by atoms with Crippen LogP contribution in [0.3, 0.4) is 0 Å². The van der Waals surface area contributed by atoms with Crippen LogP contribution in [0.25, 0.3) is 0 Å². The van der Waals surface area contributed by atoms with Crippen molar-refractivity contribution in [3.05, 3.63) is 12.2 Å². The molecule has 2 atom stereocenters. The van der Waals surface area contributed by atoms with Gasteiger partial charge in [0.05, 0.1) is 19.7 Å². The number of hydrogen-bond acceptors (Lipinski definition) is 4. The number of rotatable bonds is 17. The monoisotopic (exact) mass is 415 g/mol. The molecule has 168 valence electrons. The molecule has 0 saturated heterocycles. The van der Waals surface area contributed by atoms with Crippen LogP contribution in [0, 0.1) is 0 Å². The third kappa shape index (κ3) is 8.95. The lowest BCUT2D eigenvalue weighted by molar-refractivity contribution is -0.958. The van der Waals surface area contributed by atoms with Crippen molar-refractivity contribution in [3.8, 4) is 0 Å². The summed E-state index contributed by atoms with van der Waals surface area (Å²) in [6, 6.07) is -1.91. The number of aliphatic hydroxyl groups excluding tert-OH is 1. The van der Waals surface area contributed by atoms with Gasteiger partial charge in [-0.05, 0) is 19.3 Å². The SMILES string of the molecule is CCC/C=C/CC(=O)NCC[N+](CCO)(C(CCC)C(=O)O)C(CCC)C(=O)O. The molecule has 0 aromatic heterocycles. The third-order valence-corrected chi connectivity index (χ3v) is 5.23. The number of hydrogen-bond donors (Lipinski definition) is 4. The molecular weight excluding hydrogens is 376 g/mol. The van der Waals surface area contributed by atoms with Gasteiger partial charge in [-0.3, -0.25) is 9.28 Å². The van der Waals surface area contributed by atoms with E-state index in [2.05, 4.69) is 5.32 Å². The van der Waals surface area contributed by atoms with Crippen LogP contribution in [0.1, 0.15) is 65.7 Å². The Labute approximate surface area is 174 Å². The Morgan fingerprint density at radius 2 is 1.45 bits per heavy atom. The van der Waals surface area contributed by atoms with Crippen molar-refractivity contribution in [2.75, 3.05) is 26.2 Å². The summed E-state index contributed by atoms with van der Waals surface area (Å²) >= 11 is 0. The molecule has 0 spiro atoms. The van der Waals surface area contributed by atoms with Crippen molar-refractivity contribution in [1.82, 2.24) is 5.32 Å². The molecule has 0 aliphatic heterocycles. The van der Waals surface area contributed by atoms with Crippen LogP contribution in [0.2, 0.25) is 0 Å². The molecule has 0 aliphatic rings. The van der Waals surface area contributed by atoms with E-state index in [-0.39, 0.29) is 43.1 Å². The van der Waals surface area contributed by atoms with E-state index in [9.17, 15) is 29.7 Å². The second-order valence-electron chi connectivity index (χ2n) is 7.37. The number of carbonyl (C=O) groups is 3. The highest BCUT2D eigenvalue weighted by atomic mass is 16.4. The molecule has 0 aromatic carbocycles. The first-order valence-corrected chi connectivity index (χ1v) is 10.6. The summed E-state index contributed by atoms with van der Waals surface area (Å²) in [4.78, 5) is 36.2. The number of carbonyl (C=O) groups excluding carboxylic acids is 1. The van der Waals surface area contributed by atoms with E-state index in [1.165, 1.54) is 0 Å². The Balaban J connectivity index is 5.60. The molecular formula is C21H39N2O6+. The fraction of sp³-hybridized carbons (Fsp3) is 0.762. The van der Waals surface area contributed by atoms with Gasteiger partial charge in [-0.25, -0.2) is 9.59 Å². The molecule has 0 bridgehead atoms. The summed E-state index contributed by atoms with van der Waals surface area (Å²) in [6.07, 6.45) is 7.63. The summed E-state index contributed by atoms with van der Waals surface area (Å²) < 4.78 is -0.269. The van der Waals surface area contributed by atoms with Crippen LogP contribution < -0.4 is 5.32 Å². The van der Waals surface area contributed by atoms with E-state index < -0.39 is 24.0 Å². The summed E-state index contributed by atoms with van der Waals surface area (Å²) in [5, 5.41) is 32.2. The topological polar surface area (TPSA) is 124 Å². The number of carboxylic acids is 2. The number of aliphatic carboxylic acids is 2. The smallest absolute Gasteiger partial charge is 0.362 e. The maximum atomic E-state index is 12.1. The average Bonchev–Trinajstić information content (AvgIpc) is 2.66. The number of allylic oxidation sites excluding steroid dienone is 1. The van der Waals surface area contributed by atoms with Gasteiger partial charge in [0.25, 0.3) is 0 Å². The number of nitrogens with zero attached hydrogens (tertiary/aromatic N) is 1. The zero-order valence-electron chi connectivity index (χ0n) is 18.1. The normalized spacial score (nSPS) is 15.6. The van der Waals surface area contributed by atoms with Crippen LogP contribution in [-0.2, 0) is 14.4 Å². The molecule has 0 rings (SSSR count). The highest BCUT2D eigenvalue weighted by Crippen LogP contribution is 2.26. The van der Waals surface area contributed by atoms with Crippen LogP contribution in [0.4, 0.5) is 0 Å². The minimum Gasteiger partial charge on any atom is -0.477 e. The molecule has 29 heavy (non-hydrogen) atoms. The van der Waals surface area contributed by atoms with Gasteiger partial charge in [0.2, 0.25) is 5.91 Å². The van der Waals surface area contributed by atoms with E-state index in [1.54, 1.807) is 6.08 Å². The lowest BCUT2D eigenvalue weighted by atomic mass is 9.98. The second kappa shape index (κ2) is 15.0. The summed E-state index contributed by atoms with van der Waals surface area (Å²) in [5.74, 6) is -2.34. The Bertz CT molecular complexity index is 511. The molecule has 4 N–H and O–H groups in total. The van der Waals surface area contributed by atoms with E-state index in [0.29, 0.717) is 25.7 Å². The number of amides is 1. The largest absolute Gasteiger partial charge is 0.477 e. The first kappa shape index (κ1) is 27.1.